The third-order valence-corrected chi connectivity index (χ3v) is 4.66. The molecule has 0 bridgehead atoms. The van der Waals surface area contributed by atoms with Crippen molar-refractivity contribution in [2.75, 3.05) is 0 Å². The van der Waals surface area contributed by atoms with E-state index < -0.39 is 5.60 Å². The van der Waals surface area contributed by atoms with Gasteiger partial charge in [0.15, 0.2) is 0 Å². The van der Waals surface area contributed by atoms with Crippen molar-refractivity contribution >= 4 is 27.3 Å². The lowest BCUT2D eigenvalue weighted by Gasteiger charge is -2.23. The number of hydrogen-bond donors (Lipinski definition) is 1. The SMILES string of the molecule is CC(O)(c1cccc(C#N)c1)c1sccc1Br. The molecule has 0 radical (unpaired) electrons. The first-order valence-corrected chi connectivity index (χ1v) is 6.69. The minimum Gasteiger partial charge on any atom is -0.380 e. The van der Waals surface area contributed by atoms with E-state index in [4.69, 9.17) is 5.26 Å². The van der Waals surface area contributed by atoms with Crippen LogP contribution in [0.1, 0.15) is 22.9 Å². The van der Waals surface area contributed by atoms with Gasteiger partial charge < -0.3 is 5.11 Å². The van der Waals surface area contributed by atoms with E-state index >= 15 is 0 Å². The summed E-state index contributed by atoms with van der Waals surface area (Å²) >= 11 is 4.91. The van der Waals surface area contributed by atoms with E-state index in [1.165, 1.54) is 11.3 Å². The average Bonchev–Trinajstić information content (AvgIpc) is 2.76. The summed E-state index contributed by atoms with van der Waals surface area (Å²) in [5.74, 6) is 0. The summed E-state index contributed by atoms with van der Waals surface area (Å²) < 4.78 is 0.884. The molecular formula is C13H10BrNOS. The Labute approximate surface area is 112 Å². The Hall–Kier alpha value is -1.15. The summed E-state index contributed by atoms with van der Waals surface area (Å²) in [5, 5.41) is 21.4. The number of thiophene rings is 1. The highest BCUT2D eigenvalue weighted by molar-refractivity contribution is 9.10. The van der Waals surface area contributed by atoms with Crippen LogP contribution in [-0.4, -0.2) is 5.11 Å². The Kier molecular flexibility index (Phi) is 3.34. The molecule has 1 unspecified atom stereocenters. The molecule has 1 atom stereocenters. The number of halogens is 1. The van der Waals surface area contributed by atoms with Gasteiger partial charge in [-0.1, -0.05) is 12.1 Å². The van der Waals surface area contributed by atoms with E-state index in [0.29, 0.717) is 5.56 Å². The standard InChI is InChI=1S/C13H10BrNOS/c1-13(16,12-11(14)5-6-17-12)10-4-2-3-9(7-10)8-15/h2-7,16H,1H3. The third kappa shape index (κ3) is 2.27. The molecule has 0 aliphatic heterocycles. The van der Waals surface area contributed by atoms with Gasteiger partial charge in [0.05, 0.1) is 16.5 Å². The molecule has 0 amide bonds. The molecule has 0 aliphatic carbocycles. The summed E-state index contributed by atoms with van der Waals surface area (Å²) in [6.45, 7) is 1.74. The summed E-state index contributed by atoms with van der Waals surface area (Å²) in [7, 11) is 0. The lowest BCUT2D eigenvalue weighted by atomic mass is 9.93. The first-order valence-electron chi connectivity index (χ1n) is 5.02. The van der Waals surface area contributed by atoms with Gasteiger partial charge in [0.25, 0.3) is 0 Å². The van der Waals surface area contributed by atoms with Crippen LogP contribution in [-0.2, 0) is 5.60 Å². The van der Waals surface area contributed by atoms with Gasteiger partial charge in [0.2, 0.25) is 0 Å². The zero-order chi connectivity index (χ0) is 12.5. The molecule has 2 aromatic rings. The quantitative estimate of drug-likeness (QED) is 0.920. The van der Waals surface area contributed by atoms with Crippen LogP contribution in [0.4, 0.5) is 0 Å². The van der Waals surface area contributed by atoms with Crippen molar-refractivity contribution in [2.45, 2.75) is 12.5 Å². The van der Waals surface area contributed by atoms with Gasteiger partial charge >= 0.3 is 0 Å². The first kappa shape index (κ1) is 12.3. The predicted molar refractivity (Wildman–Crippen MR) is 71.8 cm³/mol. The van der Waals surface area contributed by atoms with Gasteiger partial charge in [-0.25, -0.2) is 0 Å². The van der Waals surface area contributed by atoms with Crippen LogP contribution in [0.2, 0.25) is 0 Å². The van der Waals surface area contributed by atoms with E-state index in [1.807, 2.05) is 17.5 Å². The highest BCUT2D eigenvalue weighted by Gasteiger charge is 2.29. The maximum Gasteiger partial charge on any atom is 0.122 e. The lowest BCUT2D eigenvalue weighted by Crippen LogP contribution is -2.21. The molecule has 1 aromatic heterocycles. The van der Waals surface area contributed by atoms with Crippen LogP contribution in [0, 0.1) is 11.3 Å². The number of nitriles is 1. The molecule has 0 saturated heterocycles. The van der Waals surface area contributed by atoms with E-state index in [1.54, 1.807) is 25.1 Å². The van der Waals surface area contributed by atoms with Crippen LogP contribution < -0.4 is 0 Å². The highest BCUT2D eigenvalue weighted by atomic mass is 79.9. The average molecular weight is 308 g/mol. The Bertz CT molecular complexity index is 583. The fourth-order valence-electron chi connectivity index (χ4n) is 1.66. The third-order valence-electron chi connectivity index (χ3n) is 2.61. The van der Waals surface area contributed by atoms with Gasteiger partial charge in [-0.2, -0.15) is 5.26 Å². The fraction of sp³-hybridized carbons (Fsp3) is 0.154. The van der Waals surface area contributed by atoms with E-state index in [-0.39, 0.29) is 0 Å². The van der Waals surface area contributed by atoms with Crippen molar-refractivity contribution in [3.8, 4) is 6.07 Å². The zero-order valence-corrected chi connectivity index (χ0v) is 11.5. The molecule has 0 aliphatic rings. The smallest absolute Gasteiger partial charge is 0.122 e. The Morgan fingerprint density at radius 3 is 2.76 bits per heavy atom. The van der Waals surface area contributed by atoms with Crippen LogP contribution in [0.15, 0.2) is 40.2 Å². The maximum atomic E-state index is 10.6. The molecule has 86 valence electrons. The van der Waals surface area contributed by atoms with Crippen molar-refractivity contribution in [1.29, 1.82) is 5.26 Å². The summed E-state index contributed by atoms with van der Waals surface area (Å²) in [6.07, 6.45) is 0. The molecule has 4 heteroatoms. The van der Waals surface area contributed by atoms with Crippen molar-refractivity contribution in [3.63, 3.8) is 0 Å². The van der Waals surface area contributed by atoms with Gasteiger partial charge in [-0.3, -0.25) is 0 Å². The molecule has 1 aromatic carbocycles. The Morgan fingerprint density at radius 1 is 1.41 bits per heavy atom. The van der Waals surface area contributed by atoms with Crippen molar-refractivity contribution in [1.82, 2.24) is 0 Å². The van der Waals surface area contributed by atoms with Crippen LogP contribution in [0.3, 0.4) is 0 Å². The van der Waals surface area contributed by atoms with Crippen LogP contribution in [0.5, 0.6) is 0 Å². The second-order valence-electron chi connectivity index (χ2n) is 3.86. The molecule has 2 nitrogen and oxygen atoms in total. The largest absolute Gasteiger partial charge is 0.380 e. The van der Waals surface area contributed by atoms with Gasteiger partial charge in [-0.15, -0.1) is 11.3 Å². The summed E-state index contributed by atoms with van der Waals surface area (Å²) in [5.41, 5.74) is 0.190. The second-order valence-corrected chi connectivity index (χ2v) is 5.63. The zero-order valence-electron chi connectivity index (χ0n) is 9.14. The maximum absolute atomic E-state index is 10.6. The minimum atomic E-state index is -1.08. The lowest BCUT2D eigenvalue weighted by molar-refractivity contribution is 0.105. The Balaban J connectivity index is 2.52. The normalized spacial score (nSPS) is 14.0. The highest BCUT2D eigenvalue weighted by Crippen LogP contribution is 2.37. The van der Waals surface area contributed by atoms with Crippen molar-refractivity contribution < 1.29 is 5.11 Å². The van der Waals surface area contributed by atoms with Gasteiger partial charge in [0.1, 0.15) is 5.60 Å². The van der Waals surface area contributed by atoms with Crippen LogP contribution in [0.25, 0.3) is 0 Å². The number of benzene rings is 1. The summed E-state index contributed by atoms with van der Waals surface area (Å²) in [4.78, 5) is 0.840. The molecule has 17 heavy (non-hydrogen) atoms. The molecule has 0 saturated carbocycles. The topological polar surface area (TPSA) is 44.0 Å². The molecule has 1 N–H and O–H groups in total. The molecular weight excluding hydrogens is 298 g/mol. The predicted octanol–water partition coefficient (Wildman–Crippen LogP) is 3.64. The van der Waals surface area contributed by atoms with Crippen LogP contribution >= 0.6 is 27.3 Å². The van der Waals surface area contributed by atoms with Gasteiger partial charge in [0, 0.05) is 4.47 Å². The van der Waals surface area contributed by atoms with E-state index in [0.717, 1.165) is 14.9 Å². The first-order chi connectivity index (χ1) is 8.05. The molecule has 0 fully saturated rings. The molecule has 1 heterocycles. The second kappa shape index (κ2) is 4.61. The fourth-order valence-corrected chi connectivity index (χ4v) is 3.51. The number of hydrogen-bond acceptors (Lipinski definition) is 3. The molecule has 0 spiro atoms. The molecule has 2 rings (SSSR count). The Morgan fingerprint density at radius 2 is 2.18 bits per heavy atom. The van der Waals surface area contributed by atoms with Crippen molar-refractivity contribution in [2.24, 2.45) is 0 Å². The van der Waals surface area contributed by atoms with E-state index in [9.17, 15) is 5.11 Å². The number of aliphatic hydroxyl groups is 1. The van der Waals surface area contributed by atoms with E-state index in [2.05, 4.69) is 22.0 Å². The van der Waals surface area contributed by atoms with Gasteiger partial charge in [-0.05, 0) is 52.0 Å². The van der Waals surface area contributed by atoms with Crippen molar-refractivity contribution in [3.05, 3.63) is 56.2 Å². The minimum absolute atomic E-state index is 0.551. The summed E-state index contributed by atoms with van der Waals surface area (Å²) in [6, 6.07) is 11.0. The number of nitrogens with zero attached hydrogens (tertiary/aromatic N) is 1. The monoisotopic (exact) mass is 307 g/mol. The number of rotatable bonds is 2.